The van der Waals surface area contributed by atoms with Crippen LogP contribution in [0.5, 0.6) is 0 Å². The van der Waals surface area contributed by atoms with Gasteiger partial charge in [-0.2, -0.15) is 0 Å². The largest absolute Gasteiger partial charge is 0.394 e. The van der Waals surface area contributed by atoms with E-state index in [2.05, 4.69) is 34.9 Å². The molecule has 0 saturated heterocycles. The van der Waals surface area contributed by atoms with Crippen molar-refractivity contribution in [3.8, 4) is 0 Å². The third kappa shape index (κ3) is 3.21. The van der Waals surface area contributed by atoms with Crippen molar-refractivity contribution in [2.24, 2.45) is 5.92 Å². The third-order valence-electron chi connectivity index (χ3n) is 4.95. The van der Waals surface area contributed by atoms with Crippen molar-refractivity contribution in [1.29, 1.82) is 0 Å². The summed E-state index contributed by atoms with van der Waals surface area (Å²) >= 11 is 0. The monoisotopic (exact) mass is 288 g/mol. The second kappa shape index (κ2) is 5.68. The smallest absolute Gasteiger partial charge is 0.315 e. The number of hydrogen-bond acceptors (Lipinski definition) is 2. The molecule has 2 aliphatic rings. The molecule has 1 atom stereocenters. The SMILES string of the molecule is CC(CO)(NC(=O)NC1CC(c2ccccc2)C1)C1CC1. The molecule has 0 heterocycles. The van der Waals surface area contributed by atoms with Crippen LogP contribution in [0.25, 0.3) is 0 Å². The minimum Gasteiger partial charge on any atom is -0.394 e. The fourth-order valence-corrected chi connectivity index (χ4v) is 3.21. The number of carbonyl (C=O) groups is 1. The Labute approximate surface area is 125 Å². The van der Waals surface area contributed by atoms with Crippen molar-refractivity contribution in [3.63, 3.8) is 0 Å². The van der Waals surface area contributed by atoms with Gasteiger partial charge in [0.1, 0.15) is 0 Å². The minimum absolute atomic E-state index is 0.00237. The first-order valence-corrected chi connectivity index (χ1v) is 7.85. The number of benzene rings is 1. The molecular weight excluding hydrogens is 264 g/mol. The first kappa shape index (κ1) is 14.4. The van der Waals surface area contributed by atoms with Crippen LogP contribution in [0.2, 0.25) is 0 Å². The van der Waals surface area contributed by atoms with Crippen molar-refractivity contribution in [2.45, 2.75) is 50.1 Å². The minimum atomic E-state index is -0.466. The number of nitrogens with one attached hydrogen (secondary N) is 2. The Morgan fingerprint density at radius 1 is 1.29 bits per heavy atom. The molecule has 3 N–H and O–H groups in total. The van der Waals surface area contributed by atoms with Crippen LogP contribution in [0.4, 0.5) is 4.79 Å². The van der Waals surface area contributed by atoms with E-state index in [0.717, 1.165) is 25.7 Å². The molecule has 4 nitrogen and oxygen atoms in total. The Morgan fingerprint density at radius 3 is 2.52 bits per heavy atom. The van der Waals surface area contributed by atoms with E-state index in [0.29, 0.717) is 11.8 Å². The van der Waals surface area contributed by atoms with E-state index in [1.54, 1.807) is 0 Å². The van der Waals surface area contributed by atoms with Crippen molar-refractivity contribution >= 4 is 6.03 Å². The van der Waals surface area contributed by atoms with Crippen LogP contribution in [0.1, 0.15) is 44.1 Å². The van der Waals surface area contributed by atoms with Gasteiger partial charge in [-0.15, -0.1) is 0 Å². The number of aliphatic hydroxyl groups excluding tert-OH is 1. The van der Waals surface area contributed by atoms with Gasteiger partial charge in [-0.05, 0) is 50.0 Å². The van der Waals surface area contributed by atoms with Gasteiger partial charge in [0, 0.05) is 6.04 Å². The summed E-state index contributed by atoms with van der Waals surface area (Å²) in [5, 5.41) is 15.5. The van der Waals surface area contributed by atoms with Crippen LogP contribution in [0, 0.1) is 5.92 Å². The zero-order valence-corrected chi connectivity index (χ0v) is 12.5. The van der Waals surface area contributed by atoms with Crippen molar-refractivity contribution in [3.05, 3.63) is 35.9 Å². The van der Waals surface area contributed by atoms with E-state index in [1.807, 2.05) is 13.0 Å². The maximum Gasteiger partial charge on any atom is 0.315 e. The summed E-state index contributed by atoms with van der Waals surface area (Å²) in [4.78, 5) is 12.1. The van der Waals surface area contributed by atoms with Gasteiger partial charge in [0.05, 0.1) is 12.1 Å². The van der Waals surface area contributed by atoms with Crippen LogP contribution >= 0.6 is 0 Å². The highest BCUT2D eigenvalue weighted by atomic mass is 16.3. The number of aliphatic hydroxyl groups is 1. The summed E-state index contributed by atoms with van der Waals surface area (Å²) in [5.41, 5.74) is 0.890. The molecule has 21 heavy (non-hydrogen) atoms. The van der Waals surface area contributed by atoms with Gasteiger partial charge in [0.25, 0.3) is 0 Å². The number of amides is 2. The summed E-state index contributed by atoms with van der Waals surface area (Å²) in [6, 6.07) is 10.6. The lowest BCUT2D eigenvalue weighted by atomic mass is 9.76. The zero-order valence-electron chi connectivity index (χ0n) is 12.5. The van der Waals surface area contributed by atoms with Gasteiger partial charge in [-0.1, -0.05) is 30.3 Å². The molecule has 1 aromatic rings. The predicted octanol–water partition coefficient (Wildman–Crippen LogP) is 2.39. The first-order valence-electron chi connectivity index (χ1n) is 7.85. The lowest BCUT2D eigenvalue weighted by Crippen LogP contribution is -2.57. The van der Waals surface area contributed by atoms with Crippen molar-refractivity contribution in [2.75, 3.05) is 6.61 Å². The van der Waals surface area contributed by atoms with Crippen LogP contribution in [-0.2, 0) is 0 Å². The van der Waals surface area contributed by atoms with E-state index in [1.165, 1.54) is 5.56 Å². The molecule has 0 radical (unpaired) electrons. The number of urea groups is 1. The van der Waals surface area contributed by atoms with Crippen LogP contribution in [0.15, 0.2) is 30.3 Å². The molecule has 0 spiro atoms. The summed E-state index contributed by atoms with van der Waals surface area (Å²) in [6.07, 6.45) is 4.18. The highest BCUT2D eigenvalue weighted by Gasteiger charge is 2.42. The first-order chi connectivity index (χ1) is 10.1. The number of hydrogen-bond donors (Lipinski definition) is 3. The molecule has 0 aromatic heterocycles. The van der Waals surface area contributed by atoms with Crippen LogP contribution in [0.3, 0.4) is 0 Å². The van der Waals surface area contributed by atoms with Crippen molar-refractivity contribution in [1.82, 2.24) is 10.6 Å². The molecule has 3 rings (SSSR count). The Morgan fingerprint density at radius 2 is 1.95 bits per heavy atom. The topological polar surface area (TPSA) is 61.4 Å². The Balaban J connectivity index is 1.45. The molecule has 2 saturated carbocycles. The van der Waals surface area contributed by atoms with Gasteiger partial charge >= 0.3 is 6.03 Å². The van der Waals surface area contributed by atoms with Gasteiger partial charge < -0.3 is 15.7 Å². The van der Waals surface area contributed by atoms with Gasteiger partial charge in [0.15, 0.2) is 0 Å². The van der Waals surface area contributed by atoms with E-state index < -0.39 is 5.54 Å². The number of carbonyl (C=O) groups excluding carboxylic acids is 1. The number of rotatable bonds is 5. The van der Waals surface area contributed by atoms with E-state index >= 15 is 0 Å². The second-order valence-electron chi connectivity index (χ2n) is 6.72. The summed E-state index contributed by atoms with van der Waals surface area (Å²) in [7, 11) is 0. The van der Waals surface area contributed by atoms with E-state index in [-0.39, 0.29) is 18.7 Å². The van der Waals surface area contributed by atoms with Gasteiger partial charge in [-0.25, -0.2) is 4.79 Å². The molecule has 1 unspecified atom stereocenters. The lowest BCUT2D eigenvalue weighted by Gasteiger charge is -2.37. The van der Waals surface area contributed by atoms with Crippen LogP contribution in [-0.4, -0.2) is 29.3 Å². The van der Waals surface area contributed by atoms with Crippen molar-refractivity contribution < 1.29 is 9.90 Å². The third-order valence-corrected chi connectivity index (χ3v) is 4.95. The van der Waals surface area contributed by atoms with Gasteiger partial charge in [0.2, 0.25) is 0 Å². The summed E-state index contributed by atoms with van der Waals surface area (Å²) in [5.74, 6) is 0.982. The summed E-state index contributed by atoms with van der Waals surface area (Å²) in [6.45, 7) is 1.93. The lowest BCUT2D eigenvalue weighted by molar-refractivity contribution is 0.151. The van der Waals surface area contributed by atoms with Gasteiger partial charge in [-0.3, -0.25) is 0 Å². The van der Waals surface area contributed by atoms with Crippen LogP contribution < -0.4 is 10.6 Å². The normalized spacial score (nSPS) is 27.3. The Bertz CT molecular complexity index is 495. The Kier molecular flexibility index (Phi) is 3.89. The molecule has 0 aliphatic heterocycles. The summed E-state index contributed by atoms with van der Waals surface area (Å²) < 4.78 is 0. The molecule has 2 fully saturated rings. The predicted molar refractivity (Wildman–Crippen MR) is 82.1 cm³/mol. The molecule has 114 valence electrons. The van der Waals surface area contributed by atoms with E-state index in [9.17, 15) is 9.90 Å². The average Bonchev–Trinajstić information content (AvgIpc) is 3.28. The molecule has 2 aliphatic carbocycles. The fourth-order valence-electron chi connectivity index (χ4n) is 3.21. The van der Waals surface area contributed by atoms with E-state index in [4.69, 9.17) is 0 Å². The fraction of sp³-hybridized carbons (Fsp3) is 0.588. The highest BCUT2D eigenvalue weighted by molar-refractivity contribution is 5.75. The molecule has 2 amide bonds. The quantitative estimate of drug-likeness (QED) is 0.779. The standard InChI is InChI=1S/C17H24N2O2/c1-17(11-20,14-7-8-14)19-16(21)18-15-9-13(10-15)12-5-3-2-4-6-12/h2-6,13-15,20H,7-11H2,1H3,(H2,18,19,21). The molecular formula is C17H24N2O2. The molecule has 4 heteroatoms. The Hall–Kier alpha value is -1.55. The average molecular weight is 288 g/mol. The highest BCUT2D eigenvalue weighted by Crippen LogP contribution is 2.39. The molecule has 1 aromatic carbocycles. The second-order valence-corrected chi connectivity index (χ2v) is 6.72. The molecule has 0 bridgehead atoms. The zero-order chi connectivity index (χ0) is 14.9. The maximum atomic E-state index is 12.1. The maximum absolute atomic E-state index is 12.1.